The fourth-order valence-electron chi connectivity index (χ4n) is 1.91. The summed E-state index contributed by atoms with van der Waals surface area (Å²) in [5.41, 5.74) is 5.12. The molecule has 6 heteroatoms. The number of rotatable bonds is 2. The van der Waals surface area contributed by atoms with Gasteiger partial charge < -0.3 is 15.1 Å². The van der Waals surface area contributed by atoms with E-state index in [0.717, 1.165) is 27.7 Å². The van der Waals surface area contributed by atoms with E-state index in [1.165, 1.54) is 6.33 Å². The van der Waals surface area contributed by atoms with Crippen molar-refractivity contribution in [3.8, 4) is 5.75 Å². The van der Waals surface area contributed by atoms with Crippen LogP contribution in [0.25, 0.3) is 21.9 Å². The van der Waals surface area contributed by atoms with Gasteiger partial charge in [-0.25, -0.2) is 15.8 Å². The SMILES string of the molecule is COc1ccc2c(c1)[nH]c1c(NN)ncnc12. The van der Waals surface area contributed by atoms with Gasteiger partial charge in [0.05, 0.1) is 12.6 Å². The van der Waals surface area contributed by atoms with Crippen molar-refractivity contribution < 1.29 is 4.74 Å². The Kier molecular flexibility index (Phi) is 2.09. The highest BCUT2D eigenvalue weighted by Crippen LogP contribution is 2.29. The van der Waals surface area contributed by atoms with Crippen LogP contribution in [-0.4, -0.2) is 22.1 Å². The molecule has 0 aliphatic rings. The minimum absolute atomic E-state index is 0.574. The molecule has 1 aromatic carbocycles. The molecule has 6 nitrogen and oxygen atoms in total. The van der Waals surface area contributed by atoms with Crippen LogP contribution < -0.4 is 16.0 Å². The average Bonchev–Trinajstić information content (AvgIpc) is 2.75. The molecule has 2 aromatic heterocycles. The summed E-state index contributed by atoms with van der Waals surface area (Å²) in [5, 5.41) is 1.01. The van der Waals surface area contributed by atoms with Gasteiger partial charge in [-0.05, 0) is 12.1 Å². The Hall–Kier alpha value is -2.34. The maximum Gasteiger partial charge on any atom is 0.167 e. The van der Waals surface area contributed by atoms with Crippen LogP contribution in [0.5, 0.6) is 5.75 Å². The topological polar surface area (TPSA) is 88.8 Å². The summed E-state index contributed by atoms with van der Waals surface area (Å²) in [5.74, 6) is 6.77. The van der Waals surface area contributed by atoms with Gasteiger partial charge in [0, 0.05) is 11.5 Å². The molecule has 0 aliphatic heterocycles. The number of ether oxygens (including phenoxy) is 1. The van der Waals surface area contributed by atoms with Crippen molar-refractivity contribution in [1.29, 1.82) is 0 Å². The third kappa shape index (κ3) is 1.38. The summed E-state index contributed by atoms with van der Waals surface area (Å²) in [6.45, 7) is 0. The van der Waals surface area contributed by atoms with Crippen LogP contribution in [0.1, 0.15) is 0 Å². The van der Waals surface area contributed by atoms with Gasteiger partial charge in [-0.2, -0.15) is 0 Å². The molecule has 0 saturated heterocycles. The molecule has 2 heterocycles. The van der Waals surface area contributed by atoms with Crippen LogP contribution >= 0.6 is 0 Å². The van der Waals surface area contributed by atoms with Crippen molar-refractivity contribution in [2.45, 2.75) is 0 Å². The molecule has 3 rings (SSSR count). The Balaban J connectivity index is 2.40. The third-order valence-corrected chi connectivity index (χ3v) is 2.73. The maximum absolute atomic E-state index is 5.41. The van der Waals surface area contributed by atoms with Crippen molar-refractivity contribution in [2.75, 3.05) is 12.5 Å². The highest BCUT2D eigenvalue weighted by atomic mass is 16.5. The molecule has 0 spiro atoms. The van der Waals surface area contributed by atoms with E-state index in [1.54, 1.807) is 7.11 Å². The molecule has 4 N–H and O–H groups in total. The number of nitrogen functional groups attached to an aromatic ring is 1. The van der Waals surface area contributed by atoms with E-state index in [2.05, 4.69) is 20.4 Å². The number of fused-ring (bicyclic) bond motifs is 3. The summed E-state index contributed by atoms with van der Waals surface area (Å²) in [6.07, 6.45) is 1.48. The van der Waals surface area contributed by atoms with Gasteiger partial charge in [-0.1, -0.05) is 0 Å². The van der Waals surface area contributed by atoms with Crippen molar-refractivity contribution >= 4 is 27.8 Å². The van der Waals surface area contributed by atoms with E-state index in [0.29, 0.717) is 5.82 Å². The quantitative estimate of drug-likeness (QED) is 0.456. The first-order valence-corrected chi connectivity index (χ1v) is 5.10. The monoisotopic (exact) mass is 229 g/mol. The Labute approximate surface area is 96.8 Å². The molecule has 0 radical (unpaired) electrons. The number of methoxy groups -OCH3 is 1. The second-order valence-electron chi connectivity index (χ2n) is 3.63. The number of hydrazine groups is 1. The number of benzene rings is 1. The van der Waals surface area contributed by atoms with E-state index < -0.39 is 0 Å². The Morgan fingerprint density at radius 1 is 1.35 bits per heavy atom. The number of hydrogen-bond donors (Lipinski definition) is 3. The fourth-order valence-corrected chi connectivity index (χ4v) is 1.91. The molecular formula is C11H11N5O. The van der Waals surface area contributed by atoms with E-state index >= 15 is 0 Å². The number of aromatic nitrogens is 3. The summed E-state index contributed by atoms with van der Waals surface area (Å²) in [4.78, 5) is 11.5. The fraction of sp³-hybridized carbons (Fsp3) is 0.0909. The lowest BCUT2D eigenvalue weighted by atomic mass is 10.2. The van der Waals surface area contributed by atoms with Crippen LogP contribution in [0.4, 0.5) is 5.82 Å². The predicted molar refractivity (Wildman–Crippen MR) is 65.8 cm³/mol. The summed E-state index contributed by atoms with van der Waals surface area (Å²) < 4.78 is 5.18. The molecule has 0 bridgehead atoms. The largest absolute Gasteiger partial charge is 0.497 e. The molecule has 0 aliphatic carbocycles. The molecule has 17 heavy (non-hydrogen) atoms. The molecule has 3 aromatic rings. The van der Waals surface area contributed by atoms with E-state index in [1.807, 2.05) is 18.2 Å². The number of aromatic amines is 1. The van der Waals surface area contributed by atoms with Crippen molar-refractivity contribution in [3.05, 3.63) is 24.5 Å². The number of hydrogen-bond acceptors (Lipinski definition) is 5. The van der Waals surface area contributed by atoms with Gasteiger partial charge in [0.15, 0.2) is 5.82 Å². The minimum Gasteiger partial charge on any atom is -0.497 e. The maximum atomic E-state index is 5.41. The van der Waals surface area contributed by atoms with Crippen LogP contribution in [0.15, 0.2) is 24.5 Å². The zero-order valence-electron chi connectivity index (χ0n) is 9.19. The van der Waals surface area contributed by atoms with E-state index in [4.69, 9.17) is 10.6 Å². The average molecular weight is 229 g/mol. The first-order chi connectivity index (χ1) is 8.33. The summed E-state index contributed by atoms with van der Waals surface area (Å²) in [7, 11) is 1.64. The van der Waals surface area contributed by atoms with Crippen molar-refractivity contribution in [3.63, 3.8) is 0 Å². The summed E-state index contributed by atoms with van der Waals surface area (Å²) in [6, 6.07) is 5.77. The number of H-pyrrole nitrogens is 1. The highest BCUT2D eigenvalue weighted by Gasteiger charge is 2.10. The zero-order chi connectivity index (χ0) is 11.8. The van der Waals surface area contributed by atoms with Gasteiger partial charge in [-0.3, -0.25) is 0 Å². The zero-order valence-corrected chi connectivity index (χ0v) is 9.19. The van der Waals surface area contributed by atoms with Crippen LogP contribution in [0, 0.1) is 0 Å². The lowest BCUT2D eigenvalue weighted by molar-refractivity contribution is 0.415. The van der Waals surface area contributed by atoms with E-state index in [9.17, 15) is 0 Å². The van der Waals surface area contributed by atoms with Crippen LogP contribution in [-0.2, 0) is 0 Å². The lowest BCUT2D eigenvalue weighted by Crippen LogP contribution is -2.09. The van der Waals surface area contributed by atoms with Crippen molar-refractivity contribution in [1.82, 2.24) is 15.0 Å². The first-order valence-electron chi connectivity index (χ1n) is 5.10. The third-order valence-electron chi connectivity index (χ3n) is 2.73. The van der Waals surface area contributed by atoms with E-state index in [-0.39, 0.29) is 0 Å². The normalized spacial score (nSPS) is 10.9. The molecule has 0 saturated carbocycles. The summed E-state index contributed by atoms with van der Waals surface area (Å²) >= 11 is 0. The number of nitrogens with zero attached hydrogens (tertiary/aromatic N) is 2. The highest BCUT2D eigenvalue weighted by molar-refractivity contribution is 6.08. The standard InChI is InChI=1S/C11H11N5O/c1-17-6-2-3-7-8(4-6)15-10-9(7)13-5-14-11(10)16-12/h2-5,15H,12H2,1H3,(H,13,14,16). The molecule has 0 amide bonds. The Morgan fingerprint density at radius 2 is 2.24 bits per heavy atom. The number of nitrogens with two attached hydrogens (primary N) is 1. The van der Waals surface area contributed by atoms with Crippen LogP contribution in [0.3, 0.4) is 0 Å². The van der Waals surface area contributed by atoms with Crippen LogP contribution in [0.2, 0.25) is 0 Å². The second kappa shape index (κ2) is 3.60. The number of anilines is 1. The molecule has 86 valence electrons. The van der Waals surface area contributed by atoms with Gasteiger partial charge >= 0.3 is 0 Å². The predicted octanol–water partition coefficient (Wildman–Crippen LogP) is 1.41. The Morgan fingerprint density at radius 3 is 3.00 bits per heavy atom. The molecule has 0 fully saturated rings. The first kappa shape index (κ1) is 9.86. The smallest absolute Gasteiger partial charge is 0.167 e. The van der Waals surface area contributed by atoms with Gasteiger partial charge in [0.1, 0.15) is 23.1 Å². The Bertz CT molecular complexity index is 691. The molecular weight excluding hydrogens is 218 g/mol. The molecule has 0 atom stereocenters. The molecule has 0 unspecified atom stereocenters. The van der Waals surface area contributed by atoms with Gasteiger partial charge in [0.25, 0.3) is 0 Å². The number of nitrogens with one attached hydrogen (secondary N) is 2. The van der Waals surface area contributed by atoms with Crippen molar-refractivity contribution in [2.24, 2.45) is 5.84 Å². The van der Waals surface area contributed by atoms with Gasteiger partial charge in [-0.15, -0.1) is 0 Å². The second-order valence-corrected chi connectivity index (χ2v) is 3.63. The van der Waals surface area contributed by atoms with Gasteiger partial charge in [0.2, 0.25) is 0 Å². The lowest BCUT2D eigenvalue weighted by Gasteiger charge is -1.98. The minimum atomic E-state index is 0.574.